The highest BCUT2D eigenvalue weighted by molar-refractivity contribution is 6.30. The standard InChI is InChI=1S/C12H10ClN3O/c13-9-3-6-11(15-7-9)16-12(17)8-1-4-10(14)5-2-8/h1-7H,14H2,(H,15,16,17). The zero-order chi connectivity index (χ0) is 12.3. The molecule has 1 aromatic carbocycles. The zero-order valence-electron chi connectivity index (χ0n) is 8.85. The molecule has 1 amide bonds. The largest absolute Gasteiger partial charge is 0.399 e. The van der Waals surface area contributed by atoms with E-state index in [0.717, 1.165) is 0 Å². The van der Waals surface area contributed by atoms with Gasteiger partial charge in [-0.2, -0.15) is 0 Å². The fourth-order valence-corrected chi connectivity index (χ4v) is 1.38. The number of rotatable bonds is 2. The molecule has 0 radical (unpaired) electrons. The zero-order valence-corrected chi connectivity index (χ0v) is 9.61. The number of anilines is 2. The Bertz CT molecular complexity index is 522. The summed E-state index contributed by atoms with van der Waals surface area (Å²) in [5, 5.41) is 3.18. The number of benzene rings is 1. The van der Waals surface area contributed by atoms with E-state index in [1.165, 1.54) is 6.20 Å². The molecule has 1 heterocycles. The molecule has 2 aromatic rings. The van der Waals surface area contributed by atoms with E-state index in [4.69, 9.17) is 17.3 Å². The Hall–Kier alpha value is -2.07. The summed E-state index contributed by atoms with van der Waals surface area (Å²) in [6.07, 6.45) is 1.47. The van der Waals surface area contributed by atoms with Crippen LogP contribution < -0.4 is 11.1 Å². The van der Waals surface area contributed by atoms with Gasteiger partial charge in [0, 0.05) is 17.4 Å². The molecular weight excluding hydrogens is 238 g/mol. The van der Waals surface area contributed by atoms with Crippen LogP contribution in [0.25, 0.3) is 0 Å². The van der Waals surface area contributed by atoms with Gasteiger partial charge in [-0.3, -0.25) is 4.79 Å². The lowest BCUT2D eigenvalue weighted by Crippen LogP contribution is -2.12. The third kappa shape index (κ3) is 2.95. The van der Waals surface area contributed by atoms with Crippen LogP contribution in [0.15, 0.2) is 42.6 Å². The number of nitrogens with two attached hydrogens (primary N) is 1. The molecule has 3 N–H and O–H groups in total. The minimum atomic E-state index is -0.236. The van der Waals surface area contributed by atoms with Gasteiger partial charge in [-0.1, -0.05) is 11.6 Å². The first-order chi connectivity index (χ1) is 8.15. The SMILES string of the molecule is Nc1ccc(C(=O)Nc2ccc(Cl)cn2)cc1. The smallest absolute Gasteiger partial charge is 0.256 e. The molecule has 0 saturated heterocycles. The Balaban J connectivity index is 2.11. The summed E-state index contributed by atoms with van der Waals surface area (Å²) in [4.78, 5) is 15.8. The van der Waals surface area contributed by atoms with Gasteiger partial charge in [0.25, 0.3) is 5.91 Å². The van der Waals surface area contributed by atoms with E-state index in [0.29, 0.717) is 22.1 Å². The molecule has 0 bridgehead atoms. The Morgan fingerprint density at radius 2 is 1.88 bits per heavy atom. The van der Waals surface area contributed by atoms with Gasteiger partial charge in [-0.05, 0) is 36.4 Å². The Morgan fingerprint density at radius 3 is 2.47 bits per heavy atom. The molecular formula is C12H10ClN3O. The first kappa shape index (κ1) is 11.4. The lowest BCUT2D eigenvalue weighted by atomic mass is 10.2. The van der Waals surface area contributed by atoms with E-state index >= 15 is 0 Å². The maximum atomic E-state index is 11.8. The van der Waals surface area contributed by atoms with Crippen LogP contribution in [-0.4, -0.2) is 10.9 Å². The van der Waals surface area contributed by atoms with Crippen LogP contribution in [0.2, 0.25) is 5.02 Å². The van der Waals surface area contributed by atoms with E-state index in [9.17, 15) is 4.79 Å². The van der Waals surface area contributed by atoms with Gasteiger partial charge >= 0.3 is 0 Å². The molecule has 0 unspecified atom stereocenters. The number of aromatic nitrogens is 1. The highest BCUT2D eigenvalue weighted by atomic mass is 35.5. The summed E-state index contributed by atoms with van der Waals surface area (Å²) >= 11 is 5.69. The Kier molecular flexibility index (Phi) is 3.25. The first-order valence-corrected chi connectivity index (χ1v) is 5.31. The van der Waals surface area contributed by atoms with Gasteiger partial charge in [-0.15, -0.1) is 0 Å². The van der Waals surface area contributed by atoms with Crippen molar-refractivity contribution in [2.45, 2.75) is 0 Å². The number of carbonyl (C=O) groups excluding carboxylic acids is 1. The highest BCUT2D eigenvalue weighted by Crippen LogP contribution is 2.11. The van der Waals surface area contributed by atoms with Gasteiger partial charge in [-0.25, -0.2) is 4.98 Å². The second-order valence-corrected chi connectivity index (χ2v) is 3.87. The number of hydrogen-bond acceptors (Lipinski definition) is 3. The van der Waals surface area contributed by atoms with Crippen LogP contribution >= 0.6 is 11.6 Å². The minimum Gasteiger partial charge on any atom is -0.399 e. The first-order valence-electron chi connectivity index (χ1n) is 4.93. The second kappa shape index (κ2) is 4.84. The van der Waals surface area contributed by atoms with Crippen LogP contribution in [0.3, 0.4) is 0 Å². The maximum absolute atomic E-state index is 11.8. The predicted molar refractivity (Wildman–Crippen MR) is 68.1 cm³/mol. The fraction of sp³-hybridized carbons (Fsp3) is 0. The number of pyridine rings is 1. The third-order valence-electron chi connectivity index (χ3n) is 2.14. The number of hydrogen-bond donors (Lipinski definition) is 2. The summed E-state index contributed by atoms with van der Waals surface area (Å²) < 4.78 is 0. The predicted octanol–water partition coefficient (Wildman–Crippen LogP) is 2.57. The molecule has 4 nitrogen and oxygen atoms in total. The summed E-state index contributed by atoms with van der Waals surface area (Å²) in [6.45, 7) is 0. The van der Waals surface area contributed by atoms with Crippen LogP contribution in [0, 0.1) is 0 Å². The summed E-state index contributed by atoms with van der Waals surface area (Å²) in [6, 6.07) is 9.94. The van der Waals surface area contributed by atoms with Crippen molar-refractivity contribution in [1.29, 1.82) is 0 Å². The van der Waals surface area contributed by atoms with Crippen LogP contribution in [0.5, 0.6) is 0 Å². The molecule has 5 heteroatoms. The lowest BCUT2D eigenvalue weighted by Gasteiger charge is -2.04. The number of carbonyl (C=O) groups is 1. The number of halogens is 1. The number of nitrogens with one attached hydrogen (secondary N) is 1. The van der Waals surface area contributed by atoms with Crippen molar-refractivity contribution in [2.75, 3.05) is 11.1 Å². The average Bonchev–Trinajstić information content (AvgIpc) is 2.33. The second-order valence-electron chi connectivity index (χ2n) is 3.44. The monoisotopic (exact) mass is 247 g/mol. The Morgan fingerprint density at radius 1 is 1.18 bits per heavy atom. The molecule has 0 aliphatic rings. The lowest BCUT2D eigenvalue weighted by molar-refractivity contribution is 0.102. The molecule has 0 spiro atoms. The summed E-state index contributed by atoms with van der Waals surface area (Å²) in [7, 11) is 0. The van der Waals surface area contributed by atoms with E-state index < -0.39 is 0 Å². The molecule has 0 saturated carbocycles. The van der Waals surface area contributed by atoms with Gasteiger partial charge in [0.15, 0.2) is 0 Å². The van der Waals surface area contributed by atoms with Crippen molar-refractivity contribution < 1.29 is 4.79 Å². The fourth-order valence-electron chi connectivity index (χ4n) is 1.27. The van der Waals surface area contributed by atoms with E-state index in [1.54, 1.807) is 36.4 Å². The molecule has 0 aliphatic carbocycles. The topological polar surface area (TPSA) is 68.0 Å². The van der Waals surface area contributed by atoms with Gasteiger partial charge in [0.1, 0.15) is 5.82 Å². The minimum absolute atomic E-state index is 0.236. The van der Waals surface area contributed by atoms with E-state index in [1.807, 2.05) is 0 Å². The van der Waals surface area contributed by atoms with Crippen molar-refractivity contribution in [3.63, 3.8) is 0 Å². The molecule has 0 aliphatic heterocycles. The number of nitrogens with zero attached hydrogens (tertiary/aromatic N) is 1. The summed E-state index contributed by atoms with van der Waals surface area (Å²) in [5.74, 6) is 0.219. The molecule has 0 atom stereocenters. The van der Waals surface area contributed by atoms with Crippen molar-refractivity contribution in [3.8, 4) is 0 Å². The van der Waals surface area contributed by atoms with Crippen molar-refractivity contribution >= 4 is 29.0 Å². The molecule has 86 valence electrons. The van der Waals surface area contributed by atoms with Crippen LogP contribution in [0.1, 0.15) is 10.4 Å². The van der Waals surface area contributed by atoms with Gasteiger partial charge in [0.2, 0.25) is 0 Å². The maximum Gasteiger partial charge on any atom is 0.256 e. The van der Waals surface area contributed by atoms with Gasteiger partial charge in [0.05, 0.1) is 5.02 Å². The average molecular weight is 248 g/mol. The van der Waals surface area contributed by atoms with Crippen molar-refractivity contribution in [3.05, 3.63) is 53.2 Å². The Labute approximate surface area is 103 Å². The molecule has 1 aromatic heterocycles. The van der Waals surface area contributed by atoms with Crippen molar-refractivity contribution in [2.24, 2.45) is 0 Å². The number of nitrogen functional groups attached to an aromatic ring is 1. The highest BCUT2D eigenvalue weighted by Gasteiger charge is 2.05. The molecule has 2 rings (SSSR count). The molecule has 17 heavy (non-hydrogen) atoms. The quantitative estimate of drug-likeness (QED) is 0.802. The van der Waals surface area contributed by atoms with E-state index in [-0.39, 0.29) is 5.91 Å². The van der Waals surface area contributed by atoms with Crippen LogP contribution in [0.4, 0.5) is 11.5 Å². The van der Waals surface area contributed by atoms with Crippen LogP contribution in [-0.2, 0) is 0 Å². The number of amides is 1. The van der Waals surface area contributed by atoms with Gasteiger partial charge < -0.3 is 11.1 Å². The normalized spacial score (nSPS) is 9.94. The van der Waals surface area contributed by atoms with Crippen molar-refractivity contribution in [1.82, 2.24) is 4.98 Å². The molecule has 0 fully saturated rings. The van der Waals surface area contributed by atoms with E-state index in [2.05, 4.69) is 10.3 Å². The third-order valence-corrected chi connectivity index (χ3v) is 2.37. The summed E-state index contributed by atoms with van der Waals surface area (Å²) in [5.41, 5.74) is 6.68.